The third-order valence-electron chi connectivity index (χ3n) is 4.46. The van der Waals surface area contributed by atoms with Gasteiger partial charge in [-0.3, -0.25) is 0 Å². The molecule has 2 unspecified atom stereocenters. The highest BCUT2D eigenvalue weighted by molar-refractivity contribution is 5.75. The predicted octanol–water partition coefficient (Wildman–Crippen LogP) is 2.64. The molecule has 0 spiro atoms. The molecule has 1 aromatic heterocycles. The van der Waals surface area contributed by atoms with E-state index in [4.69, 9.17) is 4.52 Å². The Bertz CT molecular complexity index is 513. The maximum Gasteiger partial charge on any atom is 0.315 e. The molecule has 23 heavy (non-hydrogen) atoms. The number of aliphatic hydroxyl groups is 1. The van der Waals surface area contributed by atoms with Gasteiger partial charge in [0.2, 0.25) is 5.89 Å². The number of urea groups is 1. The summed E-state index contributed by atoms with van der Waals surface area (Å²) in [5.41, 5.74) is -0.623. The molecule has 2 amide bonds. The molecule has 7 nitrogen and oxygen atoms in total. The minimum Gasteiger partial charge on any atom is -0.394 e. The Morgan fingerprint density at radius 1 is 1.48 bits per heavy atom. The molecule has 3 N–H and O–H groups in total. The van der Waals surface area contributed by atoms with E-state index in [0.717, 1.165) is 25.1 Å². The van der Waals surface area contributed by atoms with Crippen molar-refractivity contribution in [2.45, 2.75) is 76.8 Å². The van der Waals surface area contributed by atoms with Crippen molar-refractivity contribution in [1.29, 1.82) is 0 Å². The lowest BCUT2D eigenvalue weighted by atomic mass is 9.98. The summed E-state index contributed by atoms with van der Waals surface area (Å²) in [6.07, 6.45) is 6.21. The van der Waals surface area contributed by atoms with Crippen molar-refractivity contribution < 1.29 is 14.4 Å². The first-order chi connectivity index (χ1) is 11.0. The fraction of sp³-hybridized carbons (Fsp3) is 0.812. The van der Waals surface area contributed by atoms with Crippen molar-refractivity contribution in [2.75, 3.05) is 6.61 Å². The van der Waals surface area contributed by atoms with Crippen molar-refractivity contribution in [3.8, 4) is 0 Å². The highest BCUT2D eigenvalue weighted by Gasteiger charge is 2.27. The van der Waals surface area contributed by atoms with Gasteiger partial charge in [0.25, 0.3) is 0 Å². The molecule has 1 saturated carbocycles. The summed E-state index contributed by atoms with van der Waals surface area (Å²) in [5, 5.41) is 19.1. The average Bonchev–Trinajstić information content (AvgIpc) is 3.18. The molecule has 1 aliphatic rings. The molecule has 0 aliphatic heterocycles. The molecule has 130 valence electrons. The Labute approximate surface area is 137 Å². The molecule has 0 radical (unpaired) electrons. The zero-order valence-electron chi connectivity index (χ0n) is 14.3. The molecular formula is C16H28N4O3. The summed E-state index contributed by atoms with van der Waals surface area (Å²) in [7, 11) is 0. The van der Waals surface area contributed by atoms with Gasteiger partial charge in [-0.25, -0.2) is 4.79 Å². The smallest absolute Gasteiger partial charge is 0.315 e. The number of hydrogen-bond donors (Lipinski definition) is 3. The van der Waals surface area contributed by atoms with Gasteiger partial charge in [0.1, 0.15) is 6.04 Å². The molecule has 0 aromatic carbocycles. The Hall–Kier alpha value is -1.63. The summed E-state index contributed by atoms with van der Waals surface area (Å²) < 4.78 is 5.29. The summed E-state index contributed by atoms with van der Waals surface area (Å²) >= 11 is 0. The number of amides is 2. The highest BCUT2D eigenvalue weighted by Crippen LogP contribution is 2.32. The third-order valence-corrected chi connectivity index (χ3v) is 4.46. The van der Waals surface area contributed by atoms with Crippen LogP contribution in [0.2, 0.25) is 0 Å². The molecule has 0 saturated heterocycles. The first kappa shape index (κ1) is 17.7. The maximum absolute atomic E-state index is 12.1. The van der Waals surface area contributed by atoms with E-state index in [1.165, 1.54) is 12.8 Å². The minimum atomic E-state index is -0.623. The SMILES string of the molecule is CCCC(C)(CO)NC(=O)NC(C)c1nc(C2CCCC2)no1. The molecule has 1 fully saturated rings. The highest BCUT2D eigenvalue weighted by atomic mass is 16.5. The van der Waals surface area contributed by atoms with Gasteiger partial charge >= 0.3 is 6.03 Å². The number of aliphatic hydroxyl groups excluding tert-OH is 1. The monoisotopic (exact) mass is 324 g/mol. The van der Waals surface area contributed by atoms with Gasteiger partial charge in [-0.15, -0.1) is 0 Å². The van der Waals surface area contributed by atoms with Crippen molar-refractivity contribution in [1.82, 2.24) is 20.8 Å². The molecule has 0 bridgehead atoms. The number of aromatic nitrogens is 2. The Kier molecular flexibility index (Phi) is 5.98. The summed E-state index contributed by atoms with van der Waals surface area (Å²) in [6.45, 7) is 5.54. The van der Waals surface area contributed by atoms with E-state index in [0.29, 0.717) is 18.2 Å². The largest absolute Gasteiger partial charge is 0.394 e. The van der Waals surface area contributed by atoms with Crippen LogP contribution in [0, 0.1) is 0 Å². The van der Waals surface area contributed by atoms with Crippen molar-refractivity contribution >= 4 is 6.03 Å². The van der Waals surface area contributed by atoms with E-state index in [9.17, 15) is 9.90 Å². The van der Waals surface area contributed by atoms with Crippen LogP contribution >= 0.6 is 0 Å². The van der Waals surface area contributed by atoms with E-state index in [-0.39, 0.29) is 18.7 Å². The number of nitrogens with one attached hydrogen (secondary N) is 2. The van der Waals surface area contributed by atoms with Crippen molar-refractivity contribution in [3.63, 3.8) is 0 Å². The molecular weight excluding hydrogens is 296 g/mol. The van der Waals surface area contributed by atoms with Crippen LogP contribution in [0.4, 0.5) is 4.79 Å². The van der Waals surface area contributed by atoms with Crippen molar-refractivity contribution in [3.05, 3.63) is 11.7 Å². The van der Waals surface area contributed by atoms with Crippen LogP contribution in [0.15, 0.2) is 4.52 Å². The van der Waals surface area contributed by atoms with Crippen LogP contribution in [0.1, 0.15) is 83.0 Å². The zero-order chi connectivity index (χ0) is 16.9. The van der Waals surface area contributed by atoms with E-state index < -0.39 is 5.54 Å². The summed E-state index contributed by atoms with van der Waals surface area (Å²) in [6, 6.07) is -0.717. The molecule has 1 aromatic rings. The number of carbonyl (C=O) groups excluding carboxylic acids is 1. The molecule has 1 aliphatic carbocycles. The lowest BCUT2D eigenvalue weighted by Crippen LogP contribution is -2.52. The number of hydrogen-bond acceptors (Lipinski definition) is 5. The normalized spacial score (nSPS) is 19.3. The van der Waals surface area contributed by atoms with Crippen LogP contribution in [0.5, 0.6) is 0 Å². The Morgan fingerprint density at radius 2 is 2.17 bits per heavy atom. The predicted molar refractivity (Wildman–Crippen MR) is 86.0 cm³/mol. The summed E-state index contributed by atoms with van der Waals surface area (Å²) in [5.74, 6) is 1.55. The van der Waals surface area contributed by atoms with Gasteiger partial charge in [0.05, 0.1) is 12.1 Å². The quantitative estimate of drug-likeness (QED) is 0.716. The molecule has 1 heterocycles. The van der Waals surface area contributed by atoms with Crippen molar-refractivity contribution in [2.24, 2.45) is 0 Å². The standard InChI is InChI=1S/C16H28N4O3/c1-4-9-16(3,10-21)19-15(22)17-11(2)14-18-13(20-23-14)12-7-5-6-8-12/h11-12,21H,4-10H2,1-3H3,(H2,17,19,22). The topological polar surface area (TPSA) is 100 Å². The molecule has 2 atom stereocenters. The second-order valence-electron chi connectivity index (χ2n) is 6.76. The van der Waals surface area contributed by atoms with E-state index in [1.54, 1.807) is 0 Å². The number of nitrogens with zero attached hydrogens (tertiary/aromatic N) is 2. The Morgan fingerprint density at radius 3 is 2.78 bits per heavy atom. The second-order valence-corrected chi connectivity index (χ2v) is 6.76. The first-order valence-corrected chi connectivity index (χ1v) is 8.50. The van der Waals surface area contributed by atoms with Crippen LogP contribution in [-0.2, 0) is 0 Å². The van der Waals surface area contributed by atoms with Crippen LogP contribution in [0.3, 0.4) is 0 Å². The van der Waals surface area contributed by atoms with Gasteiger partial charge in [-0.05, 0) is 33.1 Å². The molecule has 2 rings (SSSR count). The second kappa shape index (κ2) is 7.77. The van der Waals surface area contributed by atoms with Crippen LogP contribution in [-0.4, -0.2) is 33.4 Å². The lowest BCUT2D eigenvalue weighted by molar-refractivity contribution is 0.161. The van der Waals surface area contributed by atoms with E-state index in [2.05, 4.69) is 20.8 Å². The van der Waals surface area contributed by atoms with Gasteiger partial charge in [0.15, 0.2) is 5.82 Å². The molecule has 7 heteroatoms. The Balaban J connectivity index is 1.90. The van der Waals surface area contributed by atoms with Crippen LogP contribution < -0.4 is 10.6 Å². The van der Waals surface area contributed by atoms with Gasteiger partial charge in [-0.2, -0.15) is 4.98 Å². The number of rotatable bonds is 7. The first-order valence-electron chi connectivity index (χ1n) is 8.50. The third kappa shape index (κ3) is 4.67. The van der Waals surface area contributed by atoms with Gasteiger partial charge < -0.3 is 20.3 Å². The zero-order valence-corrected chi connectivity index (χ0v) is 14.3. The van der Waals surface area contributed by atoms with Crippen LogP contribution in [0.25, 0.3) is 0 Å². The maximum atomic E-state index is 12.1. The fourth-order valence-corrected chi connectivity index (χ4v) is 3.07. The number of carbonyl (C=O) groups is 1. The summed E-state index contributed by atoms with van der Waals surface area (Å²) in [4.78, 5) is 16.5. The van der Waals surface area contributed by atoms with E-state index in [1.807, 2.05) is 20.8 Å². The fourth-order valence-electron chi connectivity index (χ4n) is 3.07. The average molecular weight is 324 g/mol. The van der Waals surface area contributed by atoms with Gasteiger partial charge in [0, 0.05) is 5.92 Å². The van der Waals surface area contributed by atoms with Gasteiger partial charge in [-0.1, -0.05) is 31.3 Å². The van der Waals surface area contributed by atoms with E-state index >= 15 is 0 Å². The minimum absolute atomic E-state index is 0.102. The lowest BCUT2D eigenvalue weighted by Gasteiger charge is -2.28.